The van der Waals surface area contributed by atoms with E-state index in [1.165, 1.54) is 12.1 Å². The molecule has 0 bridgehead atoms. The van der Waals surface area contributed by atoms with Crippen molar-refractivity contribution in [1.29, 1.82) is 0 Å². The minimum Gasteiger partial charge on any atom is -0.379 e. The van der Waals surface area contributed by atoms with Crippen LogP contribution in [-0.2, 0) is 0 Å². The van der Waals surface area contributed by atoms with Crippen LogP contribution in [0.2, 0.25) is 0 Å². The molecule has 1 atom stereocenters. The van der Waals surface area contributed by atoms with E-state index in [-0.39, 0.29) is 11.7 Å². The van der Waals surface area contributed by atoms with E-state index >= 15 is 0 Å². The fourth-order valence-corrected chi connectivity index (χ4v) is 2.14. The van der Waals surface area contributed by atoms with Crippen molar-refractivity contribution in [2.24, 2.45) is 0 Å². The van der Waals surface area contributed by atoms with Gasteiger partial charge in [0, 0.05) is 17.9 Å². The molecule has 1 N–H and O–H groups in total. The van der Waals surface area contributed by atoms with Gasteiger partial charge in [0.15, 0.2) is 5.82 Å². The van der Waals surface area contributed by atoms with Gasteiger partial charge in [-0.25, -0.2) is 4.39 Å². The van der Waals surface area contributed by atoms with Crippen LogP contribution in [0.25, 0.3) is 0 Å². The molecule has 1 unspecified atom stereocenters. The summed E-state index contributed by atoms with van der Waals surface area (Å²) in [5.41, 5.74) is 0.0856. The van der Waals surface area contributed by atoms with Gasteiger partial charge in [0.2, 0.25) is 0 Å². The van der Waals surface area contributed by atoms with Crippen LogP contribution in [0.3, 0.4) is 0 Å². The molecule has 0 radical (unpaired) electrons. The molecule has 1 rings (SSSR count). The molecule has 94 valence electrons. The number of nitro groups is 1. The van der Waals surface area contributed by atoms with Gasteiger partial charge in [-0.05, 0) is 18.7 Å². The van der Waals surface area contributed by atoms with Crippen molar-refractivity contribution in [1.82, 2.24) is 0 Å². The normalized spacial score (nSPS) is 12.2. The molecule has 0 aliphatic heterocycles. The van der Waals surface area contributed by atoms with Gasteiger partial charge in [0.1, 0.15) is 0 Å². The molecule has 0 saturated heterocycles. The Hall–Kier alpha value is -1.30. The number of hydrogen-bond donors (Lipinski definition) is 1. The van der Waals surface area contributed by atoms with E-state index in [1.54, 1.807) is 11.8 Å². The molecule has 0 spiro atoms. The van der Waals surface area contributed by atoms with Crippen LogP contribution < -0.4 is 5.32 Å². The highest BCUT2D eigenvalue weighted by molar-refractivity contribution is 7.98. The molecular weight excluding hydrogens is 243 g/mol. The van der Waals surface area contributed by atoms with Crippen LogP contribution in [0.4, 0.5) is 15.8 Å². The van der Waals surface area contributed by atoms with Gasteiger partial charge >= 0.3 is 0 Å². The average molecular weight is 258 g/mol. The SMILES string of the molecule is CCC(CSC)Nc1ccc([N+](=O)[O-])cc1F. The van der Waals surface area contributed by atoms with Crippen LogP contribution in [0, 0.1) is 15.9 Å². The Morgan fingerprint density at radius 1 is 1.59 bits per heavy atom. The molecule has 0 amide bonds. The van der Waals surface area contributed by atoms with Crippen molar-refractivity contribution in [3.05, 3.63) is 34.1 Å². The summed E-state index contributed by atoms with van der Waals surface area (Å²) in [6.07, 6.45) is 2.85. The third-order valence-electron chi connectivity index (χ3n) is 2.38. The first-order chi connectivity index (χ1) is 8.08. The van der Waals surface area contributed by atoms with E-state index in [0.717, 1.165) is 18.2 Å². The van der Waals surface area contributed by atoms with Crippen molar-refractivity contribution in [3.63, 3.8) is 0 Å². The van der Waals surface area contributed by atoms with Gasteiger partial charge in [-0.15, -0.1) is 0 Å². The minimum absolute atomic E-state index is 0.168. The molecule has 0 fully saturated rings. The Morgan fingerprint density at radius 2 is 2.29 bits per heavy atom. The van der Waals surface area contributed by atoms with Crippen molar-refractivity contribution in [3.8, 4) is 0 Å². The van der Waals surface area contributed by atoms with Gasteiger partial charge in [-0.2, -0.15) is 11.8 Å². The van der Waals surface area contributed by atoms with Crippen LogP contribution in [0.1, 0.15) is 13.3 Å². The monoisotopic (exact) mass is 258 g/mol. The number of halogens is 1. The summed E-state index contributed by atoms with van der Waals surface area (Å²) < 4.78 is 13.6. The van der Waals surface area contributed by atoms with Crippen molar-refractivity contribution in [2.75, 3.05) is 17.3 Å². The summed E-state index contributed by atoms with van der Waals surface area (Å²) in [7, 11) is 0. The standard InChI is InChI=1S/C11H15FN2O2S/c1-3-8(7-17-2)13-11-5-4-9(14(15)16)6-10(11)12/h4-6,8,13H,3,7H2,1-2H3. The number of nitrogens with one attached hydrogen (secondary N) is 1. The lowest BCUT2D eigenvalue weighted by Crippen LogP contribution is -2.21. The van der Waals surface area contributed by atoms with E-state index in [9.17, 15) is 14.5 Å². The number of non-ortho nitro benzene ring substituents is 1. The third-order valence-corrected chi connectivity index (χ3v) is 3.12. The quantitative estimate of drug-likeness (QED) is 0.628. The topological polar surface area (TPSA) is 55.2 Å². The molecule has 1 aromatic rings. The molecule has 0 saturated carbocycles. The summed E-state index contributed by atoms with van der Waals surface area (Å²) in [5.74, 6) is 0.283. The van der Waals surface area contributed by atoms with Crippen molar-refractivity contribution in [2.45, 2.75) is 19.4 Å². The van der Waals surface area contributed by atoms with Crippen LogP contribution in [0.5, 0.6) is 0 Å². The Labute approximate surface area is 104 Å². The predicted octanol–water partition coefficient (Wildman–Crippen LogP) is 3.29. The fourth-order valence-electron chi connectivity index (χ4n) is 1.42. The number of nitrogens with zero attached hydrogens (tertiary/aromatic N) is 1. The minimum atomic E-state index is -0.605. The second kappa shape index (κ2) is 6.44. The predicted molar refractivity (Wildman–Crippen MR) is 69.1 cm³/mol. The molecule has 4 nitrogen and oxygen atoms in total. The number of anilines is 1. The molecule has 0 aliphatic carbocycles. The van der Waals surface area contributed by atoms with Gasteiger partial charge in [-0.1, -0.05) is 6.92 Å². The maximum absolute atomic E-state index is 13.6. The molecule has 0 aliphatic rings. The lowest BCUT2D eigenvalue weighted by Gasteiger charge is -2.17. The summed E-state index contributed by atoms with van der Waals surface area (Å²) in [6.45, 7) is 2.01. The molecule has 6 heteroatoms. The Kier molecular flexibility index (Phi) is 5.21. The second-order valence-corrected chi connectivity index (χ2v) is 4.54. The molecule has 1 aromatic carbocycles. The highest BCUT2D eigenvalue weighted by Crippen LogP contribution is 2.22. The first kappa shape index (κ1) is 13.8. The lowest BCUT2D eigenvalue weighted by molar-refractivity contribution is -0.385. The van der Waals surface area contributed by atoms with E-state index in [2.05, 4.69) is 5.32 Å². The maximum Gasteiger partial charge on any atom is 0.272 e. The highest BCUT2D eigenvalue weighted by atomic mass is 32.2. The van der Waals surface area contributed by atoms with Gasteiger partial charge in [0.25, 0.3) is 5.69 Å². The molecule has 0 aromatic heterocycles. The van der Waals surface area contributed by atoms with Crippen LogP contribution >= 0.6 is 11.8 Å². The van der Waals surface area contributed by atoms with E-state index in [0.29, 0.717) is 5.69 Å². The Bertz CT molecular complexity index is 401. The highest BCUT2D eigenvalue weighted by Gasteiger charge is 2.13. The molecule has 0 heterocycles. The van der Waals surface area contributed by atoms with Gasteiger partial charge in [-0.3, -0.25) is 10.1 Å². The van der Waals surface area contributed by atoms with Crippen molar-refractivity contribution >= 4 is 23.1 Å². The first-order valence-electron chi connectivity index (χ1n) is 5.27. The largest absolute Gasteiger partial charge is 0.379 e. The van der Waals surface area contributed by atoms with Crippen LogP contribution in [0.15, 0.2) is 18.2 Å². The number of hydrogen-bond acceptors (Lipinski definition) is 4. The lowest BCUT2D eigenvalue weighted by atomic mass is 10.2. The maximum atomic E-state index is 13.6. The second-order valence-electron chi connectivity index (χ2n) is 3.63. The number of benzene rings is 1. The summed E-state index contributed by atoms with van der Waals surface area (Å²) >= 11 is 1.67. The summed E-state index contributed by atoms with van der Waals surface area (Å²) in [5, 5.41) is 13.5. The van der Waals surface area contributed by atoms with E-state index in [4.69, 9.17) is 0 Å². The average Bonchev–Trinajstić information content (AvgIpc) is 2.30. The van der Waals surface area contributed by atoms with E-state index < -0.39 is 10.7 Å². The first-order valence-corrected chi connectivity index (χ1v) is 6.67. The zero-order valence-corrected chi connectivity index (χ0v) is 10.6. The van der Waals surface area contributed by atoms with E-state index in [1.807, 2.05) is 13.2 Å². The Morgan fingerprint density at radius 3 is 2.76 bits per heavy atom. The summed E-state index contributed by atoms with van der Waals surface area (Å²) in [4.78, 5) is 9.86. The van der Waals surface area contributed by atoms with Gasteiger partial charge in [0.05, 0.1) is 16.7 Å². The molecular formula is C11H15FN2O2S. The number of thioether (sulfide) groups is 1. The third kappa shape index (κ3) is 3.89. The molecule has 17 heavy (non-hydrogen) atoms. The number of rotatable bonds is 6. The number of nitro benzene ring substituents is 1. The zero-order chi connectivity index (χ0) is 12.8. The zero-order valence-electron chi connectivity index (χ0n) is 9.77. The van der Waals surface area contributed by atoms with Crippen LogP contribution in [-0.4, -0.2) is 23.0 Å². The van der Waals surface area contributed by atoms with Crippen molar-refractivity contribution < 1.29 is 9.31 Å². The Balaban J connectivity index is 2.81. The van der Waals surface area contributed by atoms with Gasteiger partial charge < -0.3 is 5.32 Å². The smallest absolute Gasteiger partial charge is 0.272 e. The summed E-state index contributed by atoms with van der Waals surface area (Å²) in [6, 6.07) is 3.82. The fraction of sp³-hybridized carbons (Fsp3) is 0.455.